The van der Waals surface area contributed by atoms with Gasteiger partial charge in [0.25, 0.3) is 11.8 Å². The fourth-order valence-electron chi connectivity index (χ4n) is 3.66. The first-order valence-corrected chi connectivity index (χ1v) is 11.8. The van der Waals surface area contributed by atoms with Crippen LogP contribution in [0.2, 0.25) is 5.02 Å². The molecule has 2 amide bonds. The summed E-state index contributed by atoms with van der Waals surface area (Å²) in [5, 5.41) is 10.1. The van der Waals surface area contributed by atoms with Crippen molar-refractivity contribution in [2.75, 3.05) is 5.32 Å². The normalized spacial score (nSPS) is 10.7. The van der Waals surface area contributed by atoms with Crippen LogP contribution >= 0.6 is 11.6 Å². The van der Waals surface area contributed by atoms with Gasteiger partial charge in [-0.15, -0.1) is 0 Å². The zero-order valence-electron chi connectivity index (χ0n) is 19.7. The number of rotatable bonds is 7. The summed E-state index contributed by atoms with van der Waals surface area (Å²) in [6, 6.07) is 17.8. The number of carbonyl (C=O) groups excluding carboxylic acids is 2. The molecule has 0 saturated heterocycles. The van der Waals surface area contributed by atoms with Gasteiger partial charge in [-0.25, -0.2) is 9.07 Å². The maximum atomic E-state index is 14.3. The molecule has 38 heavy (non-hydrogen) atoms. The van der Waals surface area contributed by atoms with Crippen LogP contribution in [0, 0.1) is 5.82 Å². The Hall–Kier alpha value is -4.96. The number of hydrogen-bond donors (Lipinski definition) is 2. The van der Waals surface area contributed by atoms with Crippen LogP contribution in [0.4, 0.5) is 10.2 Å². The Kier molecular flexibility index (Phi) is 7.14. The summed E-state index contributed by atoms with van der Waals surface area (Å²) in [4.78, 5) is 38.3. The summed E-state index contributed by atoms with van der Waals surface area (Å²) >= 11 is 6.32. The maximum absolute atomic E-state index is 14.3. The van der Waals surface area contributed by atoms with Gasteiger partial charge in [0.05, 0.1) is 34.7 Å². The highest BCUT2D eigenvalue weighted by molar-refractivity contribution is 6.34. The van der Waals surface area contributed by atoms with Crippen molar-refractivity contribution < 1.29 is 14.0 Å². The Morgan fingerprint density at radius 2 is 1.76 bits per heavy atom. The Labute approximate surface area is 221 Å². The molecule has 0 aliphatic heterocycles. The molecule has 0 spiro atoms. The number of carbonyl (C=O) groups is 2. The zero-order valence-corrected chi connectivity index (χ0v) is 20.4. The molecule has 3 aromatic heterocycles. The summed E-state index contributed by atoms with van der Waals surface area (Å²) in [6.07, 6.45) is 6.07. The number of pyridine rings is 1. The quantitative estimate of drug-likeness (QED) is 0.317. The lowest BCUT2D eigenvalue weighted by Crippen LogP contribution is -2.24. The van der Waals surface area contributed by atoms with E-state index < -0.39 is 17.6 Å². The molecule has 0 aliphatic carbocycles. The van der Waals surface area contributed by atoms with E-state index in [-0.39, 0.29) is 34.3 Å². The molecule has 0 atom stereocenters. The monoisotopic (exact) mass is 527 g/mol. The second kappa shape index (κ2) is 11.0. The van der Waals surface area contributed by atoms with E-state index in [0.29, 0.717) is 16.9 Å². The van der Waals surface area contributed by atoms with Crippen molar-refractivity contribution in [3.63, 3.8) is 0 Å². The summed E-state index contributed by atoms with van der Waals surface area (Å²) in [5.74, 6) is -1.33. The number of nitrogens with zero attached hydrogens (tertiary/aromatic N) is 5. The fourth-order valence-corrected chi connectivity index (χ4v) is 3.86. The van der Waals surface area contributed by atoms with Gasteiger partial charge in [-0.05, 0) is 36.4 Å². The van der Waals surface area contributed by atoms with Crippen molar-refractivity contribution in [2.24, 2.45) is 0 Å². The average Bonchev–Trinajstić information content (AvgIpc) is 3.37. The molecule has 0 radical (unpaired) electrons. The molecule has 0 aliphatic rings. The number of aromatic nitrogens is 5. The minimum atomic E-state index is -0.572. The lowest BCUT2D eigenvalue weighted by atomic mass is 10.1. The molecule has 2 aromatic carbocycles. The third-order valence-electron chi connectivity index (χ3n) is 5.47. The first-order chi connectivity index (χ1) is 18.5. The first kappa shape index (κ1) is 24.7. The second-order valence-corrected chi connectivity index (χ2v) is 8.43. The Morgan fingerprint density at radius 1 is 0.921 bits per heavy atom. The number of anilines is 1. The van der Waals surface area contributed by atoms with Crippen LogP contribution in [0.5, 0.6) is 0 Å². The minimum Gasteiger partial charge on any atom is -0.345 e. The SMILES string of the molecule is O=C(NCc1cnccn1)c1cc(NC(=O)c2cc(-c3ncccc3F)ccc2Cl)n(-c2ccccc2)n1. The van der Waals surface area contributed by atoms with Crippen LogP contribution in [-0.4, -0.2) is 36.5 Å². The number of hydrogen-bond acceptors (Lipinski definition) is 6. The molecule has 5 rings (SSSR count). The summed E-state index contributed by atoms with van der Waals surface area (Å²) in [5.41, 5.74) is 1.85. The summed E-state index contributed by atoms with van der Waals surface area (Å²) < 4.78 is 15.7. The highest BCUT2D eigenvalue weighted by atomic mass is 35.5. The highest BCUT2D eigenvalue weighted by Gasteiger charge is 2.20. The van der Waals surface area contributed by atoms with Crippen molar-refractivity contribution >= 4 is 29.2 Å². The van der Waals surface area contributed by atoms with Crippen molar-refractivity contribution in [3.8, 4) is 16.9 Å². The Morgan fingerprint density at radius 3 is 2.53 bits per heavy atom. The van der Waals surface area contributed by atoms with Gasteiger partial charge in [0.15, 0.2) is 5.69 Å². The van der Waals surface area contributed by atoms with E-state index in [0.717, 1.165) is 0 Å². The van der Waals surface area contributed by atoms with Crippen molar-refractivity contribution in [1.29, 1.82) is 0 Å². The molecule has 0 bridgehead atoms. The number of amides is 2. The van der Waals surface area contributed by atoms with E-state index >= 15 is 0 Å². The van der Waals surface area contributed by atoms with E-state index in [4.69, 9.17) is 11.6 Å². The van der Waals surface area contributed by atoms with Crippen LogP contribution < -0.4 is 10.6 Å². The van der Waals surface area contributed by atoms with E-state index in [1.165, 1.54) is 53.6 Å². The van der Waals surface area contributed by atoms with Gasteiger partial charge in [-0.2, -0.15) is 5.10 Å². The smallest absolute Gasteiger partial charge is 0.272 e. The zero-order chi connectivity index (χ0) is 26.5. The lowest BCUT2D eigenvalue weighted by Gasteiger charge is -2.11. The molecule has 3 heterocycles. The molecule has 188 valence electrons. The molecular weight excluding hydrogens is 509 g/mol. The number of halogens is 2. The molecule has 11 heteroatoms. The Balaban J connectivity index is 1.44. The van der Waals surface area contributed by atoms with Gasteiger partial charge < -0.3 is 10.6 Å². The van der Waals surface area contributed by atoms with E-state index in [9.17, 15) is 14.0 Å². The van der Waals surface area contributed by atoms with Gasteiger partial charge in [-0.3, -0.25) is 24.5 Å². The number of para-hydroxylation sites is 1. The van der Waals surface area contributed by atoms with Crippen molar-refractivity contribution in [2.45, 2.75) is 6.54 Å². The summed E-state index contributed by atoms with van der Waals surface area (Å²) in [7, 11) is 0. The van der Waals surface area contributed by atoms with E-state index in [1.807, 2.05) is 6.07 Å². The predicted molar refractivity (Wildman–Crippen MR) is 139 cm³/mol. The molecule has 9 nitrogen and oxygen atoms in total. The largest absolute Gasteiger partial charge is 0.345 e. The van der Waals surface area contributed by atoms with Crippen LogP contribution in [0.3, 0.4) is 0 Å². The average molecular weight is 528 g/mol. The van der Waals surface area contributed by atoms with Crippen LogP contribution in [0.1, 0.15) is 26.5 Å². The van der Waals surface area contributed by atoms with Gasteiger partial charge in [0.1, 0.15) is 17.3 Å². The van der Waals surface area contributed by atoms with Crippen LogP contribution in [0.25, 0.3) is 16.9 Å². The summed E-state index contributed by atoms with van der Waals surface area (Å²) in [6.45, 7) is 0.152. The van der Waals surface area contributed by atoms with E-state index in [1.54, 1.807) is 36.5 Å². The second-order valence-electron chi connectivity index (χ2n) is 8.02. The third kappa shape index (κ3) is 5.40. The lowest BCUT2D eigenvalue weighted by molar-refractivity contribution is 0.0944. The van der Waals surface area contributed by atoms with E-state index in [2.05, 4.69) is 30.7 Å². The maximum Gasteiger partial charge on any atom is 0.272 e. The highest BCUT2D eigenvalue weighted by Crippen LogP contribution is 2.27. The van der Waals surface area contributed by atoms with Crippen LogP contribution in [0.15, 0.2) is 91.5 Å². The molecule has 0 unspecified atom stereocenters. The van der Waals surface area contributed by atoms with Gasteiger partial charge in [0, 0.05) is 30.2 Å². The number of nitrogens with one attached hydrogen (secondary N) is 2. The third-order valence-corrected chi connectivity index (χ3v) is 5.80. The predicted octanol–water partition coefficient (Wildman–Crippen LogP) is 4.70. The molecule has 5 aromatic rings. The van der Waals surface area contributed by atoms with Crippen molar-refractivity contribution in [1.82, 2.24) is 30.0 Å². The van der Waals surface area contributed by atoms with Gasteiger partial charge in [0.2, 0.25) is 0 Å². The molecule has 2 N–H and O–H groups in total. The van der Waals surface area contributed by atoms with Crippen molar-refractivity contribution in [3.05, 3.63) is 119 Å². The Bertz CT molecular complexity index is 1610. The molecule has 0 saturated carbocycles. The number of benzene rings is 2. The standard InChI is InChI=1S/C27H19ClFN7O2/c28-21-9-8-17(25-22(29)7-4-10-32-25)13-20(21)26(37)34-24-14-23(35-36(24)19-5-2-1-3-6-19)27(38)33-16-18-15-30-11-12-31-18/h1-15H,16H2,(H,33,38)(H,34,37). The fraction of sp³-hybridized carbons (Fsp3) is 0.0370. The van der Waals surface area contributed by atoms with Crippen LogP contribution in [-0.2, 0) is 6.54 Å². The minimum absolute atomic E-state index is 0.0726. The topological polar surface area (TPSA) is 115 Å². The van der Waals surface area contributed by atoms with Gasteiger partial charge in [-0.1, -0.05) is 35.9 Å². The molecular formula is C27H19ClFN7O2. The van der Waals surface area contributed by atoms with Gasteiger partial charge >= 0.3 is 0 Å². The molecule has 0 fully saturated rings. The first-order valence-electron chi connectivity index (χ1n) is 11.4.